The van der Waals surface area contributed by atoms with Gasteiger partial charge in [-0.15, -0.1) is 0 Å². The van der Waals surface area contributed by atoms with Crippen LogP contribution in [-0.4, -0.2) is 42.7 Å². The molecule has 4 nitrogen and oxygen atoms in total. The molecule has 1 aromatic rings. The van der Waals surface area contributed by atoms with Crippen LogP contribution in [0.2, 0.25) is 0 Å². The minimum atomic E-state index is -0.661. The monoisotopic (exact) mass is 330 g/mol. The van der Waals surface area contributed by atoms with Crippen LogP contribution in [0.4, 0.5) is 0 Å². The molecule has 1 aliphatic rings. The molecule has 1 saturated heterocycles. The molecule has 19 heavy (non-hydrogen) atoms. The summed E-state index contributed by atoms with van der Waals surface area (Å²) in [6.07, 6.45) is -0.750. The zero-order valence-corrected chi connectivity index (χ0v) is 12.7. The summed E-state index contributed by atoms with van der Waals surface area (Å²) in [4.78, 5) is 0. The number of rotatable bonds is 4. The van der Waals surface area contributed by atoms with Crippen molar-refractivity contribution in [1.29, 1.82) is 0 Å². The highest BCUT2D eigenvalue weighted by Crippen LogP contribution is 2.24. The number of ether oxygens (including phenoxy) is 3. The van der Waals surface area contributed by atoms with E-state index in [2.05, 4.69) is 15.9 Å². The molecule has 0 bridgehead atoms. The number of aliphatic hydroxyl groups is 1. The van der Waals surface area contributed by atoms with Gasteiger partial charge in [-0.05, 0) is 38.1 Å². The lowest BCUT2D eigenvalue weighted by Gasteiger charge is -2.40. The van der Waals surface area contributed by atoms with Crippen molar-refractivity contribution in [3.05, 3.63) is 28.7 Å². The van der Waals surface area contributed by atoms with Gasteiger partial charge in [0.05, 0.1) is 19.3 Å². The van der Waals surface area contributed by atoms with E-state index in [-0.39, 0.29) is 6.10 Å². The minimum Gasteiger partial charge on any atom is -0.491 e. The lowest BCUT2D eigenvalue weighted by Crippen LogP contribution is -2.53. The fourth-order valence-electron chi connectivity index (χ4n) is 1.86. The molecule has 106 valence electrons. The van der Waals surface area contributed by atoms with E-state index in [9.17, 15) is 5.11 Å². The Hall–Kier alpha value is -0.620. The highest BCUT2D eigenvalue weighted by molar-refractivity contribution is 9.10. The summed E-state index contributed by atoms with van der Waals surface area (Å²) in [6, 6.07) is 7.63. The molecule has 5 heteroatoms. The molecule has 1 heterocycles. The first-order valence-corrected chi connectivity index (χ1v) is 7.11. The molecular formula is C14H19BrO4. The van der Waals surface area contributed by atoms with Gasteiger partial charge in [-0.3, -0.25) is 0 Å². The Morgan fingerprint density at radius 2 is 2.16 bits per heavy atom. The van der Waals surface area contributed by atoms with E-state index in [0.29, 0.717) is 19.8 Å². The molecule has 0 saturated carbocycles. The smallest absolute Gasteiger partial charge is 0.119 e. The van der Waals surface area contributed by atoms with E-state index in [1.807, 2.05) is 31.2 Å². The van der Waals surface area contributed by atoms with Crippen LogP contribution < -0.4 is 4.74 Å². The third kappa shape index (κ3) is 3.92. The predicted octanol–water partition coefficient (Wildman–Crippen LogP) is 2.38. The topological polar surface area (TPSA) is 47.9 Å². The van der Waals surface area contributed by atoms with Crippen molar-refractivity contribution < 1.29 is 19.3 Å². The first-order chi connectivity index (χ1) is 8.99. The molecule has 3 atom stereocenters. The van der Waals surface area contributed by atoms with Crippen molar-refractivity contribution in [3.63, 3.8) is 0 Å². The average molecular weight is 331 g/mol. The van der Waals surface area contributed by atoms with Gasteiger partial charge in [0.15, 0.2) is 0 Å². The maximum absolute atomic E-state index is 9.72. The van der Waals surface area contributed by atoms with Crippen molar-refractivity contribution in [1.82, 2.24) is 0 Å². The highest BCUT2D eigenvalue weighted by Gasteiger charge is 2.38. The first-order valence-electron chi connectivity index (χ1n) is 6.31. The summed E-state index contributed by atoms with van der Waals surface area (Å²) < 4.78 is 18.0. The van der Waals surface area contributed by atoms with Crippen LogP contribution in [0.25, 0.3) is 0 Å². The fourth-order valence-corrected chi connectivity index (χ4v) is 2.13. The van der Waals surface area contributed by atoms with E-state index < -0.39 is 11.7 Å². The van der Waals surface area contributed by atoms with Gasteiger partial charge < -0.3 is 19.3 Å². The normalized spacial score (nSPS) is 28.9. The molecule has 0 aromatic heterocycles. The number of halogens is 1. The molecule has 0 radical (unpaired) electrons. The minimum absolute atomic E-state index is 0.169. The molecule has 0 aliphatic carbocycles. The molecule has 1 unspecified atom stereocenters. The highest BCUT2D eigenvalue weighted by atomic mass is 79.9. The number of aliphatic hydroxyl groups excluding tert-OH is 1. The lowest BCUT2D eigenvalue weighted by atomic mass is 10.00. The van der Waals surface area contributed by atoms with Gasteiger partial charge in [-0.2, -0.15) is 0 Å². The standard InChI is InChI=1S/C14H19BrO4/c1-10(16)14(2)9-17-7-13(19-14)8-18-12-5-3-11(15)4-6-12/h3-6,10,13,16H,7-9H2,1-2H3/t10?,13-,14-/m0/s1. The molecule has 1 aliphatic heterocycles. The molecule has 1 aromatic carbocycles. The van der Waals surface area contributed by atoms with Gasteiger partial charge in [0.1, 0.15) is 24.1 Å². The molecule has 1 fully saturated rings. The summed E-state index contributed by atoms with van der Waals surface area (Å²) in [7, 11) is 0. The predicted molar refractivity (Wildman–Crippen MR) is 75.4 cm³/mol. The average Bonchev–Trinajstić information content (AvgIpc) is 2.38. The lowest BCUT2D eigenvalue weighted by molar-refractivity contribution is -0.229. The first kappa shape index (κ1) is 14.8. The van der Waals surface area contributed by atoms with Crippen LogP contribution in [-0.2, 0) is 9.47 Å². The fraction of sp³-hybridized carbons (Fsp3) is 0.571. The van der Waals surface area contributed by atoms with Crippen molar-refractivity contribution in [2.24, 2.45) is 0 Å². The summed E-state index contributed by atoms with van der Waals surface area (Å²) in [6.45, 7) is 4.85. The van der Waals surface area contributed by atoms with E-state index in [0.717, 1.165) is 10.2 Å². The van der Waals surface area contributed by atoms with Gasteiger partial charge in [-0.25, -0.2) is 0 Å². The second kappa shape index (κ2) is 6.22. The Bertz CT molecular complexity index is 406. The maximum atomic E-state index is 9.72. The van der Waals surface area contributed by atoms with Crippen LogP contribution in [0.1, 0.15) is 13.8 Å². The third-order valence-electron chi connectivity index (χ3n) is 3.26. The Morgan fingerprint density at radius 1 is 1.47 bits per heavy atom. The molecule has 2 rings (SSSR count). The van der Waals surface area contributed by atoms with Crippen molar-refractivity contribution >= 4 is 15.9 Å². The van der Waals surface area contributed by atoms with Gasteiger partial charge >= 0.3 is 0 Å². The van der Waals surface area contributed by atoms with Crippen molar-refractivity contribution in [2.75, 3.05) is 19.8 Å². The zero-order valence-electron chi connectivity index (χ0n) is 11.1. The summed E-state index contributed by atoms with van der Waals surface area (Å²) in [5, 5.41) is 9.72. The Morgan fingerprint density at radius 3 is 2.79 bits per heavy atom. The Labute approximate surface area is 121 Å². The summed E-state index contributed by atoms with van der Waals surface area (Å²) in [5.74, 6) is 0.788. The van der Waals surface area contributed by atoms with E-state index in [1.54, 1.807) is 6.92 Å². The third-order valence-corrected chi connectivity index (χ3v) is 3.79. The van der Waals surface area contributed by atoms with Crippen molar-refractivity contribution in [3.8, 4) is 5.75 Å². The van der Waals surface area contributed by atoms with Crippen LogP contribution in [0, 0.1) is 0 Å². The van der Waals surface area contributed by atoms with Crippen LogP contribution in [0.3, 0.4) is 0 Å². The van der Waals surface area contributed by atoms with Crippen molar-refractivity contribution in [2.45, 2.75) is 31.7 Å². The quantitative estimate of drug-likeness (QED) is 0.920. The van der Waals surface area contributed by atoms with Gasteiger partial charge in [-0.1, -0.05) is 15.9 Å². The second-order valence-corrected chi connectivity index (χ2v) is 5.92. The van der Waals surface area contributed by atoms with Crippen LogP contribution >= 0.6 is 15.9 Å². The number of benzene rings is 1. The zero-order chi connectivity index (χ0) is 13.9. The maximum Gasteiger partial charge on any atom is 0.119 e. The molecule has 0 spiro atoms. The van der Waals surface area contributed by atoms with E-state index in [1.165, 1.54) is 0 Å². The second-order valence-electron chi connectivity index (χ2n) is 5.01. The van der Waals surface area contributed by atoms with Crippen LogP contribution in [0.15, 0.2) is 28.7 Å². The summed E-state index contributed by atoms with van der Waals surface area (Å²) >= 11 is 3.38. The number of hydrogen-bond donors (Lipinski definition) is 1. The Balaban J connectivity index is 1.87. The van der Waals surface area contributed by atoms with Gasteiger partial charge in [0, 0.05) is 4.47 Å². The van der Waals surface area contributed by atoms with Crippen LogP contribution in [0.5, 0.6) is 5.75 Å². The largest absolute Gasteiger partial charge is 0.491 e. The SMILES string of the molecule is CC(O)[C@]1(C)COC[C@@H](COc2ccc(Br)cc2)O1. The summed E-state index contributed by atoms with van der Waals surface area (Å²) in [5.41, 5.74) is -0.661. The van der Waals surface area contributed by atoms with E-state index in [4.69, 9.17) is 14.2 Å². The molecule has 1 N–H and O–H groups in total. The van der Waals surface area contributed by atoms with Gasteiger partial charge in [0.25, 0.3) is 0 Å². The Kier molecular flexibility index (Phi) is 4.84. The molecular weight excluding hydrogens is 312 g/mol. The van der Waals surface area contributed by atoms with Gasteiger partial charge in [0.2, 0.25) is 0 Å². The molecule has 0 amide bonds. The number of hydrogen-bond acceptors (Lipinski definition) is 4. The van der Waals surface area contributed by atoms with E-state index >= 15 is 0 Å².